The van der Waals surface area contributed by atoms with E-state index in [1.165, 1.54) is 38.6 Å². The number of hydrogen-bond donors (Lipinski definition) is 0. The highest BCUT2D eigenvalue weighted by atomic mass is 79.9. The fourth-order valence-electron chi connectivity index (χ4n) is 2.37. The summed E-state index contributed by atoms with van der Waals surface area (Å²) >= 11 is 3.52. The quantitative estimate of drug-likeness (QED) is 0.664. The van der Waals surface area contributed by atoms with Gasteiger partial charge in [0.05, 0.1) is 6.61 Å². The first-order valence-corrected chi connectivity index (χ1v) is 7.26. The predicted molar refractivity (Wildman–Crippen MR) is 68.7 cm³/mol. The van der Waals surface area contributed by atoms with Crippen molar-refractivity contribution in [2.24, 2.45) is 5.92 Å². The highest BCUT2D eigenvalue weighted by Gasteiger charge is 2.16. The maximum atomic E-state index is 5.15. The Bertz CT molecular complexity index is 149. The Kier molecular flexibility index (Phi) is 7.67. The highest BCUT2D eigenvalue weighted by molar-refractivity contribution is 9.09. The molecule has 90 valence electrons. The molecule has 0 radical (unpaired) electrons. The molecular formula is C12H24BrNO. The fourth-order valence-corrected chi connectivity index (χ4v) is 2.87. The largest absolute Gasteiger partial charge is 0.383 e. The maximum Gasteiger partial charge on any atom is 0.0589 e. The minimum atomic E-state index is 0.861. The van der Waals surface area contributed by atoms with Crippen molar-refractivity contribution in [2.45, 2.75) is 32.1 Å². The molecule has 0 saturated heterocycles. The zero-order chi connectivity index (χ0) is 10.9. The molecule has 2 nitrogen and oxygen atoms in total. The van der Waals surface area contributed by atoms with Gasteiger partial charge in [0.25, 0.3) is 0 Å². The van der Waals surface area contributed by atoms with Gasteiger partial charge < -0.3 is 4.74 Å². The number of alkyl halides is 1. The first kappa shape index (κ1) is 13.5. The summed E-state index contributed by atoms with van der Waals surface area (Å²) in [6.45, 7) is 4.37. The van der Waals surface area contributed by atoms with E-state index in [2.05, 4.69) is 20.8 Å². The van der Waals surface area contributed by atoms with Crippen LogP contribution in [0.2, 0.25) is 0 Å². The third-order valence-electron chi connectivity index (χ3n) is 3.25. The smallest absolute Gasteiger partial charge is 0.0589 e. The first-order valence-electron chi connectivity index (χ1n) is 6.14. The van der Waals surface area contributed by atoms with Crippen LogP contribution in [0, 0.1) is 5.92 Å². The Hall–Kier alpha value is 0.400. The second-order valence-electron chi connectivity index (χ2n) is 4.49. The minimum absolute atomic E-state index is 0.861. The Morgan fingerprint density at radius 3 is 2.53 bits per heavy atom. The molecule has 0 unspecified atom stereocenters. The molecule has 0 N–H and O–H groups in total. The van der Waals surface area contributed by atoms with Crippen molar-refractivity contribution >= 4 is 15.9 Å². The number of halogens is 1. The van der Waals surface area contributed by atoms with E-state index >= 15 is 0 Å². The third-order valence-corrected chi connectivity index (χ3v) is 3.61. The molecule has 0 atom stereocenters. The molecule has 15 heavy (non-hydrogen) atoms. The zero-order valence-electron chi connectivity index (χ0n) is 9.88. The lowest BCUT2D eigenvalue weighted by molar-refractivity contribution is 0.134. The number of ether oxygens (including phenoxy) is 1. The van der Waals surface area contributed by atoms with Crippen LogP contribution in [-0.2, 0) is 4.74 Å². The number of rotatable bonds is 7. The standard InChI is InChI=1S/C12H24BrNO/c1-15-10-9-14(8-7-13)11-12-5-3-2-4-6-12/h12H,2-11H2,1H3. The third kappa shape index (κ3) is 5.88. The van der Waals surface area contributed by atoms with Crippen LogP contribution in [-0.4, -0.2) is 43.6 Å². The van der Waals surface area contributed by atoms with Gasteiger partial charge in [0, 0.05) is 32.1 Å². The molecule has 1 aliphatic rings. The first-order chi connectivity index (χ1) is 7.36. The molecule has 0 heterocycles. The van der Waals surface area contributed by atoms with Crippen LogP contribution in [0.4, 0.5) is 0 Å². The summed E-state index contributed by atoms with van der Waals surface area (Å²) in [6.07, 6.45) is 7.21. The number of methoxy groups -OCH3 is 1. The van der Waals surface area contributed by atoms with E-state index in [1.54, 1.807) is 7.11 Å². The van der Waals surface area contributed by atoms with Crippen LogP contribution < -0.4 is 0 Å². The molecule has 0 aromatic carbocycles. The van der Waals surface area contributed by atoms with Crippen LogP contribution >= 0.6 is 15.9 Å². The normalized spacial score (nSPS) is 18.6. The topological polar surface area (TPSA) is 12.5 Å². The maximum absolute atomic E-state index is 5.15. The van der Waals surface area contributed by atoms with Crippen molar-refractivity contribution in [2.75, 3.05) is 38.7 Å². The van der Waals surface area contributed by atoms with Gasteiger partial charge in [-0.3, -0.25) is 4.90 Å². The monoisotopic (exact) mass is 277 g/mol. The van der Waals surface area contributed by atoms with Crippen LogP contribution in [0.1, 0.15) is 32.1 Å². The molecule has 3 heteroatoms. The summed E-state index contributed by atoms with van der Waals surface area (Å²) in [6, 6.07) is 0. The summed E-state index contributed by atoms with van der Waals surface area (Å²) in [5, 5.41) is 1.07. The Balaban J connectivity index is 2.21. The molecule has 0 aromatic heterocycles. The van der Waals surface area contributed by atoms with E-state index in [1.807, 2.05) is 0 Å². The molecule has 1 fully saturated rings. The van der Waals surface area contributed by atoms with Crippen LogP contribution in [0.5, 0.6) is 0 Å². The average molecular weight is 278 g/mol. The van der Waals surface area contributed by atoms with Gasteiger partial charge in [-0.15, -0.1) is 0 Å². The van der Waals surface area contributed by atoms with Crippen molar-refractivity contribution in [3.05, 3.63) is 0 Å². The van der Waals surface area contributed by atoms with Crippen molar-refractivity contribution in [1.29, 1.82) is 0 Å². The van der Waals surface area contributed by atoms with Gasteiger partial charge >= 0.3 is 0 Å². The van der Waals surface area contributed by atoms with Gasteiger partial charge in [-0.25, -0.2) is 0 Å². The second-order valence-corrected chi connectivity index (χ2v) is 5.28. The van der Waals surface area contributed by atoms with E-state index in [0.29, 0.717) is 0 Å². The summed E-state index contributed by atoms with van der Waals surface area (Å²) in [7, 11) is 1.78. The van der Waals surface area contributed by atoms with Gasteiger partial charge in [-0.05, 0) is 18.8 Å². The van der Waals surface area contributed by atoms with Gasteiger partial charge in [0.2, 0.25) is 0 Å². The van der Waals surface area contributed by atoms with Crippen molar-refractivity contribution in [3.8, 4) is 0 Å². The summed E-state index contributed by atoms with van der Waals surface area (Å²) in [5.74, 6) is 0.939. The van der Waals surface area contributed by atoms with E-state index < -0.39 is 0 Å². The van der Waals surface area contributed by atoms with E-state index in [0.717, 1.165) is 30.9 Å². The van der Waals surface area contributed by atoms with Gasteiger partial charge in [-0.1, -0.05) is 35.2 Å². The van der Waals surface area contributed by atoms with Gasteiger partial charge in [0.1, 0.15) is 0 Å². The minimum Gasteiger partial charge on any atom is -0.383 e. The number of nitrogens with zero attached hydrogens (tertiary/aromatic N) is 1. The molecule has 0 aromatic rings. The van der Waals surface area contributed by atoms with Gasteiger partial charge in [0.15, 0.2) is 0 Å². The van der Waals surface area contributed by atoms with Crippen LogP contribution in [0.15, 0.2) is 0 Å². The Morgan fingerprint density at radius 2 is 1.93 bits per heavy atom. The molecule has 0 aliphatic heterocycles. The van der Waals surface area contributed by atoms with Crippen molar-refractivity contribution in [1.82, 2.24) is 4.90 Å². The lowest BCUT2D eigenvalue weighted by Gasteiger charge is -2.29. The predicted octanol–water partition coefficient (Wildman–Crippen LogP) is 2.91. The summed E-state index contributed by atoms with van der Waals surface area (Å²) in [4.78, 5) is 2.54. The summed E-state index contributed by atoms with van der Waals surface area (Å²) in [5.41, 5.74) is 0. The summed E-state index contributed by atoms with van der Waals surface area (Å²) < 4.78 is 5.15. The molecule has 0 bridgehead atoms. The lowest BCUT2D eigenvalue weighted by atomic mass is 9.89. The average Bonchev–Trinajstić information content (AvgIpc) is 2.28. The molecule has 1 aliphatic carbocycles. The second kappa shape index (κ2) is 8.54. The molecule has 0 spiro atoms. The molecular weight excluding hydrogens is 254 g/mol. The molecule has 1 rings (SSSR count). The van der Waals surface area contributed by atoms with E-state index in [-0.39, 0.29) is 0 Å². The zero-order valence-corrected chi connectivity index (χ0v) is 11.5. The SMILES string of the molecule is COCCN(CCBr)CC1CCCCC1. The lowest BCUT2D eigenvalue weighted by Crippen LogP contribution is -2.34. The van der Waals surface area contributed by atoms with Crippen LogP contribution in [0.3, 0.4) is 0 Å². The van der Waals surface area contributed by atoms with E-state index in [9.17, 15) is 0 Å². The Morgan fingerprint density at radius 1 is 1.20 bits per heavy atom. The van der Waals surface area contributed by atoms with E-state index in [4.69, 9.17) is 4.74 Å². The van der Waals surface area contributed by atoms with Gasteiger partial charge in [-0.2, -0.15) is 0 Å². The fraction of sp³-hybridized carbons (Fsp3) is 1.00. The highest BCUT2D eigenvalue weighted by Crippen LogP contribution is 2.24. The van der Waals surface area contributed by atoms with Crippen LogP contribution in [0.25, 0.3) is 0 Å². The number of hydrogen-bond acceptors (Lipinski definition) is 2. The molecule has 1 saturated carbocycles. The van der Waals surface area contributed by atoms with Crippen molar-refractivity contribution in [3.63, 3.8) is 0 Å². The Labute approximate surface area is 102 Å². The molecule has 0 amide bonds. The van der Waals surface area contributed by atoms with Crippen molar-refractivity contribution < 1.29 is 4.74 Å².